The van der Waals surface area contributed by atoms with Gasteiger partial charge in [-0.2, -0.15) is 0 Å². The third kappa shape index (κ3) is 3.79. The van der Waals surface area contributed by atoms with Crippen molar-refractivity contribution in [1.29, 1.82) is 0 Å². The van der Waals surface area contributed by atoms with Crippen LogP contribution >= 0.6 is 0 Å². The van der Waals surface area contributed by atoms with E-state index in [0.717, 1.165) is 5.69 Å². The van der Waals surface area contributed by atoms with E-state index in [1.54, 1.807) is 18.1 Å². The van der Waals surface area contributed by atoms with Gasteiger partial charge in [-0.3, -0.25) is 9.78 Å². The Kier molecular flexibility index (Phi) is 4.44. The van der Waals surface area contributed by atoms with Gasteiger partial charge in [0.15, 0.2) is 5.76 Å². The fourth-order valence-corrected chi connectivity index (χ4v) is 2.49. The molecular formula is C19H22N4O2. The highest BCUT2D eigenvalue weighted by Gasteiger charge is 2.19. The minimum absolute atomic E-state index is 0.0559. The fraction of sp³-hybridized carbons (Fsp3) is 0.316. The number of carbonyl (C=O) groups excluding carboxylic acids is 1. The first-order valence-electron chi connectivity index (χ1n) is 8.15. The molecule has 0 saturated heterocycles. The van der Waals surface area contributed by atoms with Gasteiger partial charge >= 0.3 is 0 Å². The van der Waals surface area contributed by atoms with E-state index in [1.807, 2.05) is 47.3 Å². The number of hydrogen-bond donors (Lipinski definition) is 0. The molecule has 6 nitrogen and oxygen atoms in total. The first-order valence-corrected chi connectivity index (χ1v) is 8.15. The largest absolute Gasteiger partial charge is 0.359 e. The zero-order valence-corrected chi connectivity index (χ0v) is 14.9. The average Bonchev–Trinajstić information content (AvgIpc) is 3.24. The van der Waals surface area contributed by atoms with Crippen LogP contribution in [0.2, 0.25) is 0 Å². The van der Waals surface area contributed by atoms with Gasteiger partial charge in [-0.1, -0.05) is 11.2 Å². The molecule has 0 spiro atoms. The van der Waals surface area contributed by atoms with Gasteiger partial charge in [0.25, 0.3) is 5.91 Å². The van der Waals surface area contributed by atoms with Crippen molar-refractivity contribution in [2.45, 2.75) is 32.9 Å². The number of amides is 1. The summed E-state index contributed by atoms with van der Waals surface area (Å²) in [7, 11) is 1.75. The van der Waals surface area contributed by atoms with Crippen molar-refractivity contribution < 1.29 is 9.32 Å². The Labute approximate surface area is 147 Å². The predicted octanol–water partition coefficient (Wildman–Crippen LogP) is 3.57. The minimum atomic E-state index is -0.0567. The molecule has 1 amide bonds. The molecule has 6 heteroatoms. The maximum atomic E-state index is 12.6. The van der Waals surface area contributed by atoms with Crippen molar-refractivity contribution in [3.63, 3.8) is 0 Å². The SMILES string of the molecule is CN(Cc1cc(-c2ccccn2)no1)C(=O)c1ccn(C(C)(C)C)c1. The van der Waals surface area contributed by atoms with Gasteiger partial charge in [0.2, 0.25) is 0 Å². The first-order chi connectivity index (χ1) is 11.8. The topological polar surface area (TPSA) is 64.2 Å². The second kappa shape index (κ2) is 6.55. The van der Waals surface area contributed by atoms with Crippen molar-refractivity contribution in [3.8, 4) is 11.4 Å². The van der Waals surface area contributed by atoms with Crippen molar-refractivity contribution in [3.05, 3.63) is 60.2 Å². The van der Waals surface area contributed by atoms with E-state index >= 15 is 0 Å². The molecule has 3 aromatic heterocycles. The van der Waals surface area contributed by atoms with Gasteiger partial charge in [-0.15, -0.1) is 0 Å². The highest BCUT2D eigenvalue weighted by Crippen LogP contribution is 2.19. The third-order valence-corrected chi connectivity index (χ3v) is 3.94. The highest BCUT2D eigenvalue weighted by atomic mass is 16.5. The Morgan fingerprint density at radius 3 is 2.68 bits per heavy atom. The van der Waals surface area contributed by atoms with Gasteiger partial charge in [-0.05, 0) is 39.0 Å². The van der Waals surface area contributed by atoms with Gasteiger partial charge in [0.05, 0.1) is 17.8 Å². The summed E-state index contributed by atoms with van der Waals surface area (Å²) in [6, 6.07) is 9.26. The number of aromatic nitrogens is 3. The maximum absolute atomic E-state index is 12.6. The van der Waals surface area contributed by atoms with Crippen molar-refractivity contribution in [1.82, 2.24) is 19.6 Å². The van der Waals surface area contributed by atoms with E-state index in [-0.39, 0.29) is 11.4 Å². The monoisotopic (exact) mass is 338 g/mol. The van der Waals surface area contributed by atoms with Gasteiger partial charge in [0.1, 0.15) is 5.69 Å². The summed E-state index contributed by atoms with van der Waals surface area (Å²) >= 11 is 0. The first kappa shape index (κ1) is 17.0. The fourth-order valence-electron chi connectivity index (χ4n) is 2.49. The third-order valence-electron chi connectivity index (χ3n) is 3.94. The Morgan fingerprint density at radius 1 is 1.24 bits per heavy atom. The normalized spacial score (nSPS) is 11.5. The van der Waals surface area contributed by atoms with E-state index in [2.05, 4.69) is 30.9 Å². The quantitative estimate of drug-likeness (QED) is 0.729. The van der Waals surface area contributed by atoms with E-state index < -0.39 is 0 Å². The predicted molar refractivity (Wildman–Crippen MR) is 95.0 cm³/mol. The summed E-state index contributed by atoms with van der Waals surface area (Å²) in [5, 5.41) is 4.03. The molecular weight excluding hydrogens is 316 g/mol. The lowest BCUT2D eigenvalue weighted by molar-refractivity contribution is 0.0772. The van der Waals surface area contributed by atoms with Crippen LogP contribution in [0.25, 0.3) is 11.4 Å². The van der Waals surface area contributed by atoms with E-state index in [9.17, 15) is 4.79 Å². The molecule has 0 aliphatic carbocycles. The summed E-state index contributed by atoms with van der Waals surface area (Å²) in [4.78, 5) is 18.5. The van der Waals surface area contributed by atoms with E-state index in [0.29, 0.717) is 23.6 Å². The van der Waals surface area contributed by atoms with Crippen LogP contribution in [0.5, 0.6) is 0 Å². The highest BCUT2D eigenvalue weighted by molar-refractivity contribution is 5.93. The van der Waals surface area contributed by atoms with Crippen LogP contribution in [0.15, 0.2) is 53.4 Å². The Bertz CT molecular complexity index is 859. The number of carbonyl (C=O) groups is 1. The molecule has 0 aliphatic rings. The summed E-state index contributed by atoms with van der Waals surface area (Å²) in [5.41, 5.74) is 2.01. The van der Waals surface area contributed by atoms with Crippen LogP contribution < -0.4 is 0 Å². The molecule has 0 radical (unpaired) electrons. The average molecular weight is 338 g/mol. The van der Waals surface area contributed by atoms with E-state index in [4.69, 9.17) is 4.52 Å². The lowest BCUT2D eigenvalue weighted by Crippen LogP contribution is -2.26. The zero-order chi connectivity index (χ0) is 18.0. The lowest BCUT2D eigenvalue weighted by atomic mass is 10.1. The number of rotatable bonds is 4. The molecule has 3 aromatic rings. The number of nitrogens with zero attached hydrogens (tertiary/aromatic N) is 4. The second-order valence-electron chi connectivity index (χ2n) is 7.03. The van der Waals surface area contributed by atoms with Crippen LogP contribution in [0.3, 0.4) is 0 Å². The molecule has 0 aromatic carbocycles. The van der Waals surface area contributed by atoms with Crippen LogP contribution in [0, 0.1) is 0 Å². The Morgan fingerprint density at radius 2 is 2.04 bits per heavy atom. The summed E-state index contributed by atoms with van der Waals surface area (Å²) in [5.74, 6) is 0.561. The van der Waals surface area contributed by atoms with Gasteiger partial charge in [0, 0.05) is 37.2 Å². The molecule has 0 saturated carbocycles. The molecule has 25 heavy (non-hydrogen) atoms. The standard InChI is InChI=1S/C19H22N4O2/c1-19(2,3)23-10-8-14(12-23)18(24)22(4)13-15-11-17(21-25-15)16-7-5-6-9-20-16/h5-12H,13H2,1-4H3. The van der Waals surface area contributed by atoms with Crippen molar-refractivity contribution >= 4 is 5.91 Å². The molecule has 0 atom stereocenters. The molecule has 0 N–H and O–H groups in total. The minimum Gasteiger partial charge on any atom is -0.359 e. The summed E-state index contributed by atoms with van der Waals surface area (Å²) in [6.45, 7) is 6.63. The van der Waals surface area contributed by atoms with Gasteiger partial charge in [-0.25, -0.2) is 0 Å². The summed E-state index contributed by atoms with van der Waals surface area (Å²) < 4.78 is 7.38. The number of pyridine rings is 1. The Hall–Kier alpha value is -2.89. The zero-order valence-electron chi connectivity index (χ0n) is 14.9. The van der Waals surface area contributed by atoms with Crippen LogP contribution in [0.4, 0.5) is 0 Å². The van der Waals surface area contributed by atoms with E-state index in [1.165, 1.54) is 0 Å². The number of hydrogen-bond acceptors (Lipinski definition) is 4. The molecule has 0 bridgehead atoms. The smallest absolute Gasteiger partial charge is 0.255 e. The van der Waals surface area contributed by atoms with Crippen LogP contribution in [-0.4, -0.2) is 32.6 Å². The van der Waals surface area contributed by atoms with Crippen LogP contribution in [-0.2, 0) is 12.1 Å². The van der Waals surface area contributed by atoms with Gasteiger partial charge < -0.3 is 14.0 Å². The molecule has 0 unspecified atom stereocenters. The maximum Gasteiger partial charge on any atom is 0.255 e. The molecule has 130 valence electrons. The van der Waals surface area contributed by atoms with Crippen molar-refractivity contribution in [2.75, 3.05) is 7.05 Å². The Balaban J connectivity index is 1.70. The van der Waals surface area contributed by atoms with Crippen molar-refractivity contribution in [2.24, 2.45) is 0 Å². The molecule has 0 fully saturated rings. The second-order valence-corrected chi connectivity index (χ2v) is 7.03. The summed E-state index contributed by atoms with van der Waals surface area (Å²) in [6.07, 6.45) is 5.51. The molecule has 0 aliphatic heterocycles. The molecule has 3 heterocycles. The van der Waals surface area contributed by atoms with Crippen LogP contribution in [0.1, 0.15) is 36.9 Å². The molecule has 3 rings (SSSR count). The lowest BCUT2D eigenvalue weighted by Gasteiger charge is -2.21.